The minimum absolute atomic E-state index is 0.0617. The summed E-state index contributed by atoms with van der Waals surface area (Å²) in [7, 11) is 0. The van der Waals surface area contributed by atoms with Crippen LogP contribution in [-0.4, -0.2) is 55.5 Å². The Balaban J connectivity index is 2.11. The Hall–Kier alpha value is -1.14. The van der Waals surface area contributed by atoms with Crippen LogP contribution in [0, 0.1) is 0 Å². The first kappa shape index (κ1) is 14.9. The number of piperidine rings is 1. The first-order valence-electron chi connectivity index (χ1n) is 6.63. The Labute approximate surface area is 108 Å². The van der Waals surface area contributed by atoms with Crippen LogP contribution >= 0.6 is 0 Å². The van der Waals surface area contributed by atoms with Crippen LogP contribution in [0.5, 0.6) is 0 Å². The number of nitrogens with two attached hydrogens (primary N) is 1. The molecule has 0 bridgehead atoms. The van der Waals surface area contributed by atoms with E-state index >= 15 is 0 Å². The third-order valence-corrected chi connectivity index (χ3v) is 3.02. The molecule has 6 nitrogen and oxygen atoms in total. The molecule has 4 N–H and O–H groups in total. The van der Waals surface area contributed by atoms with Gasteiger partial charge >= 0.3 is 0 Å². The summed E-state index contributed by atoms with van der Waals surface area (Å²) in [6, 6.07) is 0.268. The van der Waals surface area contributed by atoms with Gasteiger partial charge < -0.3 is 16.4 Å². The average molecular weight is 256 g/mol. The highest BCUT2D eigenvalue weighted by molar-refractivity contribution is 5.85. The highest BCUT2D eigenvalue weighted by atomic mass is 16.2. The second-order valence-corrected chi connectivity index (χ2v) is 4.74. The van der Waals surface area contributed by atoms with Crippen LogP contribution in [-0.2, 0) is 9.59 Å². The molecule has 1 saturated heterocycles. The molecule has 1 aliphatic rings. The quantitative estimate of drug-likeness (QED) is 0.572. The molecule has 1 rings (SSSR count). The fraction of sp³-hybridized carbons (Fsp3) is 0.833. The lowest BCUT2D eigenvalue weighted by Gasteiger charge is -2.29. The van der Waals surface area contributed by atoms with Gasteiger partial charge in [-0.05, 0) is 19.3 Å². The Kier molecular flexibility index (Phi) is 6.67. The first-order valence-corrected chi connectivity index (χ1v) is 6.63. The molecule has 0 unspecified atom stereocenters. The number of nitrogens with one attached hydrogen (secondary N) is 2. The maximum Gasteiger partial charge on any atom is 0.239 e. The minimum atomic E-state index is -0.133. The molecule has 0 atom stereocenters. The zero-order chi connectivity index (χ0) is 13.4. The number of carbonyl (C=O) groups is 2. The van der Waals surface area contributed by atoms with Gasteiger partial charge in [0, 0.05) is 25.7 Å². The van der Waals surface area contributed by atoms with E-state index in [0.29, 0.717) is 13.1 Å². The van der Waals surface area contributed by atoms with Crippen LogP contribution < -0.4 is 16.4 Å². The maximum absolute atomic E-state index is 11.6. The van der Waals surface area contributed by atoms with Crippen LogP contribution in [0.4, 0.5) is 0 Å². The van der Waals surface area contributed by atoms with Crippen molar-refractivity contribution in [3.8, 4) is 0 Å². The zero-order valence-corrected chi connectivity index (χ0v) is 11.1. The standard InChI is InChI=1S/C12H24N4O2/c1-2-5-14-11(17)8-15-12(18)9-16-6-3-10(13)4-7-16/h10H,2-9,13H2,1H3,(H,14,17)(H,15,18). The number of hydrogen-bond donors (Lipinski definition) is 3. The molecule has 104 valence electrons. The first-order chi connectivity index (χ1) is 8.61. The topological polar surface area (TPSA) is 87.5 Å². The number of rotatable bonds is 6. The molecule has 18 heavy (non-hydrogen) atoms. The highest BCUT2D eigenvalue weighted by Crippen LogP contribution is 2.06. The minimum Gasteiger partial charge on any atom is -0.355 e. The molecule has 0 saturated carbocycles. The Morgan fingerprint density at radius 3 is 2.50 bits per heavy atom. The molecule has 0 aromatic heterocycles. The normalized spacial score (nSPS) is 17.4. The summed E-state index contributed by atoms with van der Waals surface area (Å²) in [4.78, 5) is 25.0. The number of likely N-dealkylation sites (tertiary alicyclic amines) is 1. The molecule has 2 amide bonds. The summed E-state index contributed by atoms with van der Waals surface area (Å²) in [5, 5.41) is 5.34. The van der Waals surface area contributed by atoms with Gasteiger partial charge in [0.2, 0.25) is 11.8 Å². The molecule has 1 heterocycles. The summed E-state index contributed by atoms with van der Waals surface area (Å²) in [6.45, 7) is 4.77. The molecular formula is C12H24N4O2. The maximum atomic E-state index is 11.6. The van der Waals surface area contributed by atoms with Crippen LogP contribution in [0.1, 0.15) is 26.2 Å². The van der Waals surface area contributed by atoms with Crippen LogP contribution in [0.25, 0.3) is 0 Å². The van der Waals surface area contributed by atoms with Crippen LogP contribution in [0.15, 0.2) is 0 Å². The van der Waals surface area contributed by atoms with Gasteiger partial charge in [0.15, 0.2) is 0 Å². The van der Waals surface area contributed by atoms with Gasteiger partial charge in [0.25, 0.3) is 0 Å². The van der Waals surface area contributed by atoms with E-state index in [9.17, 15) is 9.59 Å². The largest absolute Gasteiger partial charge is 0.355 e. The van der Waals surface area contributed by atoms with E-state index in [1.54, 1.807) is 0 Å². The van der Waals surface area contributed by atoms with Crippen LogP contribution in [0.3, 0.4) is 0 Å². The van der Waals surface area contributed by atoms with Gasteiger partial charge in [-0.15, -0.1) is 0 Å². The molecule has 1 fully saturated rings. The van der Waals surface area contributed by atoms with Crippen molar-refractivity contribution in [1.29, 1.82) is 0 Å². The predicted molar refractivity (Wildman–Crippen MR) is 70.0 cm³/mol. The highest BCUT2D eigenvalue weighted by Gasteiger charge is 2.18. The van der Waals surface area contributed by atoms with E-state index in [2.05, 4.69) is 15.5 Å². The van der Waals surface area contributed by atoms with Crippen molar-refractivity contribution in [1.82, 2.24) is 15.5 Å². The number of amides is 2. The van der Waals surface area contributed by atoms with Crippen molar-refractivity contribution in [2.75, 3.05) is 32.7 Å². The molecule has 0 spiro atoms. The van der Waals surface area contributed by atoms with Gasteiger partial charge in [-0.25, -0.2) is 0 Å². The fourth-order valence-electron chi connectivity index (χ4n) is 1.88. The van der Waals surface area contributed by atoms with Crippen molar-refractivity contribution in [3.63, 3.8) is 0 Å². The van der Waals surface area contributed by atoms with E-state index < -0.39 is 0 Å². The number of nitrogens with zero attached hydrogens (tertiary/aromatic N) is 1. The van der Waals surface area contributed by atoms with Crippen molar-refractivity contribution in [3.05, 3.63) is 0 Å². The summed E-state index contributed by atoms with van der Waals surface area (Å²) in [5.74, 6) is -0.233. The fourth-order valence-corrected chi connectivity index (χ4v) is 1.88. The lowest BCUT2D eigenvalue weighted by atomic mass is 10.1. The van der Waals surface area contributed by atoms with Gasteiger partial charge in [0.1, 0.15) is 0 Å². The van der Waals surface area contributed by atoms with Crippen molar-refractivity contribution >= 4 is 11.8 Å². The molecule has 1 aliphatic heterocycles. The molecule has 6 heteroatoms. The number of hydrogen-bond acceptors (Lipinski definition) is 4. The van der Waals surface area contributed by atoms with Crippen LogP contribution in [0.2, 0.25) is 0 Å². The predicted octanol–water partition coefficient (Wildman–Crippen LogP) is -0.948. The Morgan fingerprint density at radius 1 is 1.22 bits per heavy atom. The van der Waals surface area contributed by atoms with Gasteiger partial charge in [0.05, 0.1) is 13.1 Å². The van der Waals surface area contributed by atoms with Gasteiger partial charge in [-0.2, -0.15) is 0 Å². The third-order valence-electron chi connectivity index (χ3n) is 3.02. The van der Waals surface area contributed by atoms with Crippen molar-refractivity contribution < 1.29 is 9.59 Å². The van der Waals surface area contributed by atoms with E-state index in [1.807, 2.05) is 6.92 Å². The average Bonchev–Trinajstić information content (AvgIpc) is 2.36. The van der Waals surface area contributed by atoms with E-state index in [0.717, 1.165) is 32.4 Å². The van der Waals surface area contributed by atoms with E-state index in [1.165, 1.54) is 0 Å². The second kappa shape index (κ2) is 8.05. The molecule has 0 radical (unpaired) electrons. The van der Waals surface area contributed by atoms with Gasteiger partial charge in [-0.1, -0.05) is 6.92 Å². The lowest BCUT2D eigenvalue weighted by Crippen LogP contribution is -2.46. The second-order valence-electron chi connectivity index (χ2n) is 4.74. The Morgan fingerprint density at radius 2 is 1.89 bits per heavy atom. The molecule has 0 aromatic rings. The number of carbonyl (C=O) groups excluding carboxylic acids is 2. The molecule has 0 aromatic carbocycles. The summed E-state index contributed by atoms with van der Waals surface area (Å²) < 4.78 is 0. The van der Waals surface area contributed by atoms with Crippen molar-refractivity contribution in [2.24, 2.45) is 5.73 Å². The molecule has 0 aliphatic carbocycles. The van der Waals surface area contributed by atoms with E-state index in [4.69, 9.17) is 5.73 Å². The smallest absolute Gasteiger partial charge is 0.239 e. The summed E-state index contributed by atoms with van der Waals surface area (Å²) in [5.41, 5.74) is 5.79. The summed E-state index contributed by atoms with van der Waals surface area (Å²) >= 11 is 0. The molecular weight excluding hydrogens is 232 g/mol. The lowest BCUT2D eigenvalue weighted by molar-refractivity contribution is -0.126. The van der Waals surface area contributed by atoms with Gasteiger partial charge in [-0.3, -0.25) is 14.5 Å². The zero-order valence-electron chi connectivity index (χ0n) is 11.1. The monoisotopic (exact) mass is 256 g/mol. The van der Waals surface area contributed by atoms with E-state index in [-0.39, 0.29) is 24.4 Å². The third kappa shape index (κ3) is 5.97. The SMILES string of the molecule is CCCNC(=O)CNC(=O)CN1CCC(N)CC1. The Bertz CT molecular complexity index is 275. The summed E-state index contributed by atoms with van der Waals surface area (Å²) in [6.07, 6.45) is 2.77. The van der Waals surface area contributed by atoms with Crippen molar-refractivity contribution in [2.45, 2.75) is 32.2 Å².